The van der Waals surface area contributed by atoms with Gasteiger partial charge in [0, 0.05) is 6.04 Å². The Labute approximate surface area is 109 Å². The molecule has 0 aromatic rings. The summed E-state index contributed by atoms with van der Waals surface area (Å²) in [5.74, 6) is 0. The van der Waals surface area contributed by atoms with Crippen LogP contribution in [0.4, 0.5) is 0 Å². The molecule has 0 aliphatic rings. The first-order valence-electron chi connectivity index (χ1n) is 7.69. The number of unbranched alkanes of at least 4 members (excludes halogenated alkanes) is 7. The van der Waals surface area contributed by atoms with E-state index >= 15 is 0 Å². The highest BCUT2D eigenvalue weighted by Crippen LogP contribution is 2.11. The predicted octanol–water partition coefficient (Wildman–Crippen LogP) is 5.07. The van der Waals surface area contributed by atoms with E-state index in [0.717, 1.165) is 13.0 Å². The third-order valence-corrected chi connectivity index (χ3v) is 3.35. The molecular weight excluding hydrogens is 206 g/mol. The molecule has 0 spiro atoms. The molecule has 0 aromatic carbocycles. The van der Waals surface area contributed by atoms with E-state index in [9.17, 15) is 0 Å². The van der Waals surface area contributed by atoms with Crippen LogP contribution in [0.15, 0.2) is 12.7 Å². The summed E-state index contributed by atoms with van der Waals surface area (Å²) >= 11 is 0. The molecule has 0 saturated carbocycles. The van der Waals surface area contributed by atoms with Crippen LogP contribution in [0.25, 0.3) is 0 Å². The molecule has 0 aromatic heterocycles. The van der Waals surface area contributed by atoms with Gasteiger partial charge in [-0.2, -0.15) is 0 Å². The minimum atomic E-state index is 0.664. The van der Waals surface area contributed by atoms with Crippen molar-refractivity contribution in [1.29, 1.82) is 0 Å². The SMILES string of the molecule is C=CCC(CCCCCCCCCC)NCC. The van der Waals surface area contributed by atoms with Gasteiger partial charge in [-0.3, -0.25) is 0 Å². The van der Waals surface area contributed by atoms with Crippen LogP contribution in [-0.2, 0) is 0 Å². The van der Waals surface area contributed by atoms with Crippen LogP contribution < -0.4 is 5.32 Å². The zero-order chi connectivity index (χ0) is 12.8. The van der Waals surface area contributed by atoms with Gasteiger partial charge in [0.15, 0.2) is 0 Å². The molecule has 1 N–H and O–H groups in total. The zero-order valence-electron chi connectivity index (χ0n) is 12.1. The van der Waals surface area contributed by atoms with Crippen molar-refractivity contribution in [3.8, 4) is 0 Å². The number of hydrogen-bond donors (Lipinski definition) is 1. The van der Waals surface area contributed by atoms with Crippen LogP contribution in [0, 0.1) is 0 Å². The molecule has 0 bridgehead atoms. The van der Waals surface area contributed by atoms with Gasteiger partial charge in [-0.25, -0.2) is 0 Å². The van der Waals surface area contributed by atoms with E-state index in [-0.39, 0.29) is 0 Å². The van der Waals surface area contributed by atoms with Crippen molar-refractivity contribution in [2.75, 3.05) is 6.54 Å². The Bertz CT molecular complexity index is 154. The lowest BCUT2D eigenvalue weighted by Gasteiger charge is -2.15. The first kappa shape index (κ1) is 16.7. The second-order valence-corrected chi connectivity index (χ2v) is 5.04. The third kappa shape index (κ3) is 12.0. The molecule has 102 valence electrons. The lowest BCUT2D eigenvalue weighted by Crippen LogP contribution is -2.28. The first-order valence-corrected chi connectivity index (χ1v) is 7.69. The Kier molecular flexibility index (Phi) is 13.5. The van der Waals surface area contributed by atoms with E-state index in [1.807, 2.05) is 6.08 Å². The number of hydrogen-bond acceptors (Lipinski definition) is 1. The van der Waals surface area contributed by atoms with Crippen LogP contribution in [0.3, 0.4) is 0 Å². The molecule has 1 atom stereocenters. The van der Waals surface area contributed by atoms with Crippen LogP contribution in [0.5, 0.6) is 0 Å². The van der Waals surface area contributed by atoms with Crippen molar-refractivity contribution >= 4 is 0 Å². The van der Waals surface area contributed by atoms with Gasteiger partial charge in [0.1, 0.15) is 0 Å². The molecule has 1 nitrogen and oxygen atoms in total. The topological polar surface area (TPSA) is 12.0 Å². The fraction of sp³-hybridized carbons (Fsp3) is 0.875. The van der Waals surface area contributed by atoms with Crippen LogP contribution in [-0.4, -0.2) is 12.6 Å². The summed E-state index contributed by atoms with van der Waals surface area (Å²) in [5, 5.41) is 3.53. The van der Waals surface area contributed by atoms with Crippen LogP contribution in [0.1, 0.15) is 78.1 Å². The fourth-order valence-corrected chi connectivity index (χ4v) is 2.32. The lowest BCUT2D eigenvalue weighted by molar-refractivity contribution is 0.463. The monoisotopic (exact) mass is 239 g/mol. The molecule has 0 amide bonds. The summed E-state index contributed by atoms with van der Waals surface area (Å²) in [5.41, 5.74) is 0. The van der Waals surface area contributed by atoms with E-state index in [1.54, 1.807) is 0 Å². The summed E-state index contributed by atoms with van der Waals surface area (Å²) in [6.07, 6.45) is 15.8. The van der Waals surface area contributed by atoms with Gasteiger partial charge in [-0.05, 0) is 19.4 Å². The summed E-state index contributed by atoms with van der Waals surface area (Å²) in [6, 6.07) is 0.664. The van der Waals surface area contributed by atoms with E-state index in [4.69, 9.17) is 0 Å². The molecule has 1 unspecified atom stereocenters. The Balaban J connectivity index is 3.26. The molecule has 0 aliphatic heterocycles. The third-order valence-electron chi connectivity index (χ3n) is 3.35. The van der Waals surface area contributed by atoms with E-state index in [0.29, 0.717) is 6.04 Å². The standard InChI is InChI=1S/C16H33N/c1-4-7-8-9-10-11-12-13-15-16(14-5-2)17-6-3/h5,16-17H,2,4,6-15H2,1,3H3. The summed E-state index contributed by atoms with van der Waals surface area (Å²) in [6.45, 7) is 9.37. The Morgan fingerprint density at radius 2 is 1.53 bits per heavy atom. The highest BCUT2D eigenvalue weighted by molar-refractivity contribution is 4.77. The van der Waals surface area contributed by atoms with Crippen LogP contribution in [0.2, 0.25) is 0 Å². The van der Waals surface area contributed by atoms with Gasteiger partial charge < -0.3 is 5.32 Å². The molecule has 0 heterocycles. The predicted molar refractivity (Wildman–Crippen MR) is 79.5 cm³/mol. The quantitative estimate of drug-likeness (QED) is 0.349. The van der Waals surface area contributed by atoms with Gasteiger partial charge in [0.2, 0.25) is 0 Å². The van der Waals surface area contributed by atoms with Gasteiger partial charge >= 0.3 is 0 Å². The summed E-state index contributed by atoms with van der Waals surface area (Å²) in [4.78, 5) is 0. The number of rotatable bonds is 13. The molecule has 0 rings (SSSR count). The minimum absolute atomic E-state index is 0.664. The molecular formula is C16H33N. The summed E-state index contributed by atoms with van der Waals surface area (Å²) in [7, 11) is 0. The molecule has 0 radical (unpaired) electrons. The highest BCUT2D eigenvalue weighted by Gasteiger charge is 2.03. The maximum Gasteiger partial charge on any atom is 0.0101 e. The Morgan fingerprint density at radius 1 is 0.941 bits per heavy atom. The van der Waals surface area contributed by atoms with Crippen molar-refractivity contribution in [2.45, 2.75) is 84.1 Å². The van der Waals surface area contributed by atoms with E-state index in [2.05, 4.69) is 25.7 Å². The largest absolute Gasteiger partial charge is 0.314 e. The van der Waals surface area contributed by atoms with Crippen molar-refractivity contribution in [2.24, 2.45) is 0 Å². The Morgan fingerprint density at radius 3 is 2.06 bits per heavy atom. The molecule has 0 saturated heterocycles. The van der Waals surface area contributed by atoms with Gasteiger partial charge in [0.05, 0.1) is 0 Å². The summed E-state index contributed by atoms with van der Waals surface area (Å²) < 4.78 is 0. The molecule has 17 heavy (non-hydrogen) atoms. The maximum atomic E-state index is 3.83. The van der Waals surface area contributed by atoms with Crippen molar-refractivity contribution in [3.63, 3.8) is 0 Å². The highest BCUT2D eigenvalue weighted by atomic mass is 14.9. The van der Waals surface area contributed by atoms with Crippen LogP contribution >= 0.6 is 0 Å². The maximum absolute atomic E-state index is 3.83. The van der Waals surface area contributed by atoms with Crippen molar-refractivity contribution in [3.05, 3.63) is 12.7 Å². The lowest BCUT2D eigenvalue weighted by atomic mass is 10.0. The second-order valence-electron chi connectivity index (χ2n) is 5.04. The van der Waals surface area contributed by atoms with E-state index < -0.39 is 0 Å². The van der Waals surface area contributed by atoms with Crippen molar-refractivity contribution in [1.82, 2.24) is 5.32 Å². The number of nitrogens with one attached hydrogen (secondary N) is 1. The zero-order valence-corrected chi connectivity index (χ0v) is 12.1. The smallest absolute Gasteiger partial charge is 0.0101 e. The molecule has 0 aliphatic carbocycles. The minimum Gasteiger partial charge on any atom is -0.314 e. The first-order chi connectivity index (χ1) is 8.35. The second kappa shape index (κ2) is 13.8. The fourth-order valence-electron chi connectivity index (χ4n) is 2.32. The average molecular weight is 239 g/mol. The van der Waals surface area contributed by atoms with E-state index in [1.165, 1.54) is 57.8 Å². The molecule has 0 fully saturated rings. The van der Waals surface area contributed by atoms with Crippen molar-refractivity contribution < 1.29 is 0 Å². The van der Waals surface area contributed by atoms with Gasteiger partial charge in [-0.1, -0.05) is 71.3 Å². The molecule has 1 heteroatoms. The van der Waals surface area contributed by atoms with Gasteiger partial charge in [0.25, 0.3) is 0 Å². The Hall–Kier alpha value is -0.300. The average Bonchev–Trinajstić information content (AvgIpc) is 2.33. The van der Waals surface area contributed by atoms with Gasteiger partial charge in [-0.15, -0.1) is 6.58 Å². The normalized spacial score (nSPS) is 12.6.